The third-order valence-electron chi connectivity index (χ3n) is 1.00. The Morgan fingerprint density at radius 3 is 1.73 bits per heavy atom. The molecule has 0 fully saturated rings. The van der Waals surface area contributed by atoms with Crippen molar-refractivity contribution in [2.75, 3.05) is 0 Å². The Balaban J connectivity index is 0. The molecule has 0 saturated heterocycles. The highest BCUT2D eigenvalue weighted by molar-refractivity contribution is 5.20. The van der Waals surface area contributed by atoms with Gasteiger partial charge >= 0.3 is 0 Å². The number of rotatable bonds is 3. The molecule has 0 bridgehead atoms. The van der Waals surface area contributed by atoms with Gasteiger partial charge in [0.2, 0.25) is 0 Å². The lowest BCUT2D eigenvalue weighted by Gasteiger charge is -1.89. The smallest absolute Gasteiger partial charge is 0.0308 e. The molecule has 0 aromatic heterocycles. The first-order valence-corrected chi connectivity index (χ1v) is 4.20. The van der Waals surface area contributed by atoms with Crippen LogP contribution in [0.25, 0.3) is 0 Å². The van der Waals surface area contributed by atoms with Crippen LogP contribution in [0.5, 0.6) is 0 Å². The summed E-state index contributed by atoms with van der Waals surface area (Å²) in [6, 6.07) is 0. The highest BCUT2D eigenvalue weighted by Crippen LogP contribution is 1.99. The monoisotopic (exact) mass is 152 g/mol. The maximum atomic E-state index is 3.63. The van der Waals surface area contributed by atoms with E-state index in [1.54, 1.807) is 6.08 Å². The normalized spacial score (nSPS) is 9.55. The number of allylic oxidation sites excluding steroid dienone is 4. The van der Waals surface area contributed by atoms with Crippen LogP contribution in [0.2, 0.25) is 0 Å². The van der Waals surface area contributed by atoms with Gasteiger partial charge in [0.15, 0.2) is 0 Å². The van der Waals surface area contributed by atoms with Gasteiger partial charge in [0, 0.05) is 0 Å². The Labute approximate surface area is 71.3 Å². The van der Waals surface area contributed by atoms with Gasteiger partial charge in [-0.2, -0.15) is 0 Å². The zero-order chi connectivity index (χ0) is 9.11. The summed E-state index contributed by atoms with van der Waals surface area (Å²) in [4.78, 5) is 0. The molecule has 0 unspecified atom stereocenters. The molecule has 0 amide bonds. The second-order valence-electron chi connectivity index (χ2n) is 2.24. The van der Waals surface area contributed by atoms with Crippen LogP contribution in [-0.4, -0.2) is 0 Å². The summed E-state index contributed by atoms with van der Waals surface area (Å²) in [6.07, 6.45) is 7.88. The van der Waals surface area contributed by atoms with E-state index in [0.717, 1.165) is 6.42 Å². The van der Waals surface area contributed by atoms with Crippen LogP contribution in [0.15, 0.2) is 37.0 Å². The van der Waals surface area contributed by atoms with Crippen molar-refractivity contribution in [3.8, 4) is 0 Å². The molecular weight excluding hydrogens is 132 g/mol. The molecule has 0 atom stereocenters. The van der Waals surface area contributed by atoms with Crippen molar-refractivity contribution in [3.05, 3.63) is 37.0 Å². The summed E-state index contributed by atoms with van der Waals surface area (Å²) in [5, 5.41) is 0. The van der Waals surface area contributed by atoms with Crippen molar-refractivity contribution in [3.63, 3.8) is 0 Å². The maximum Gasteiger partial charge on any atom is -0.0308 e. The second kappa shape index (κ2) is 12.0. The molecule has 0 aromatic rings. The van der Waals surface area contributed by atoms with E-state index < -0.39 is 0 Å². The molecule has 0 aliphatic rings. The van der Waals surface area contributed by atoms with E-state index in [2.05, 4.69) is 33.9 Å². The topological polar surface area (TPSA) is 0 Å². The van der Waals surface area contributed by atoms with E-state index in [1.165, 1.54) is 12.0 Å². The average Bonchev–Trinajstić information content (AvgIpc) is 2.02. The predicted octanol–water partition coefficient (Wildman–Crippen LogP) is 4.11. The molecule has 64 valence electrons. The van der Waals surface area contributed by atoms with Crippen molar-refractivity contribution in [2.45, 2.75) is 33.6 Å². The largest absolute Gasteiger partial charge is 0.0991 e. The molecule has 0 aliphatic heterocycles. The highest BCUT2D eigenvalue weighted by atomic mass is 13.8. The lowest BCUT2D eigenvalue weighted by atomic mass is 10.2. The summed E-state index contributed by atoms with van der Waals surface area (Å²) >= 11 is 0. The third-order valence-corrected chi connectivity index (χ3v) is 1.00. The van der Waals surface area contributed by atoms with Gasteiger partial charge in [-0.3, -0.25) is 0 Å². The Morgan fingerprint density at radius 2 is 1.64 bits per heavy atom. The van der Waals surface area contributed by atoms with Gasteiger partial charge in [-0.25, -0.2) is 0 Å². The summed E-state index contributed by atoms with van der Waals surface area (Å²) in [5.41, 5.74) is 1.24. The fourth-order valence-corrected chi connectivity index (χ4v) is 0.482. The lowest BCUT2D eigenvalue weighted by Crippen LogP contribution is -1.68. The fraction of sp³-hybridized carbons (Fsp3) is 0.455. The standard InChI is InChI=1S/C8H12.C3H8/c1-4-7-8(5-2)6-3;1-3-2/h4-5,7H,1-2,6H2,3H3;3H2,1-2H3/b8-7+;. The Bertz CT molecular complexity index is 118. The molecule has 0 nitrogen and oxygen atoms in total. The quantitative estimate of drug-likeness (QED) is 0.534. The van der Waals surface area contributed by atoms with E-state index in [9.17, 15) is 0 Å². The molecule has 0 radical (unpaired) electrons. The first-order valence-electron chi connectivity index (χ1n) is 4.20. The van der Waals surface area contributed by atoms with Crippen LogP contribution in [0.4, 0.5) is 0 Å². The van der Waals surface area contributed by atoms with E-state index in [4.69, 9.17) is 0 Å². The zero-order valence-corrected chi connectivity index (χ0v) is 8.06. The van der Waals surface area contributed by atoms with Crippen molar-refractivity contribution >= 4 is 0 Å². The molecule has 0 spiro atoms. The predicted molar refractivity (Wildman–Crippen MR) is 54.7 cm³/mol. The van der Waals surface area contributed by atoms with Crippen molar-refractivity contribution in [2.24, 2.45) is 0 Å². The van der Waals surface area contributed by atoms with Crippen LogP contribution >= 0.6 is 0 Å². The van der Waals surface area contributed by atoms with Gasteiger partial charge < -0.3 is 0 Å². The van der Waals surface area contributed by atoms with E-state index in [0.29, 0.717) is 0 Å². The van der Waals surface area contributed by atoms with Gasteiger partial charge in [-0.15, -0.1) is 0 Å². The molecule has 0 aromatic carbocycles. The maximum absolute atomic E-state index is 3.63. The summed E-state index contributed by atoms with van der Waals surface area (Å²) in [7, 11) is 0. The Kier molecular flexibility index (Phi) is 14.0. The van der Waals surface area contributed by atoms with Crippen LogP contribution in [-0.2, 0) is 0 Å². The van der Waals surface area contributed by atoms with Crippen LogP contribution < -0.4 is 0 Å². The fourth-order valence-electron chi connectivity index (χ4n) is 0.482. The molecule has 0 heterocycles. The van der Waals surface area contributed by atoms with Gasteiger partial charge in [-0.1, -0.05) is 58.6 Å². The second-order valence-corrected chi connectivity index (χ2v) is 2.24. The van der Waals surface area contributed by atoms with E-state index in [1.807, 2.05) is 12.2 Å². The van der Waals surface area contributed by atoms with Crippen LogP contribution in [0, 0.1) is 0 Å². The molecule has 0 saturated carbocycles. The number of hydrogen-bond acceptors (Lipinski definition) is 0. The summed E-state index contributed by atoms with van der Waals surface area (Å²) < 4.78 is 0. The summed E-state index contributed by atoms with van der Waals surface area (Å²) in [6.45, 7) is 13.6. The van der Waals surface area contributed by atoms with Gasteiger partial charge in [-0.05, 0) is 12.0 Å². The minimum atomic E-state index is 1.04. The minimum absolute atomic E-state index is 1.04. The highest BCUT2D eigenvalue weighted by Gasteiger charge is 1.79. The van der Waals surface area contributed by atoms with E-state index >= 15 is 0 Å². The van der Waals surface area contributed by atoms with Crippen LogP contribution in [0.1, 0.15) is 33.6 Å². The summed E-state index contributed by atoms with van der Waals surface area (Å²) in [5.74, 6) is 0. The SMILES string of the molecule is C=C/C=C(\C=C)CC.CCC. The number of hydrogen-bond donors (Lipinski definition) is 0. The Morgan fingerprint density at radius 1 is 1.18 bits per heavy atom. The van der Waals surface area contributed by atoms with Gasteiger partial charge in [0.25, 0.3) is 0 Å². The first kappa shape index (κ1) is 12.9. The molecule has 0 rings (SSSR count). The zero-order valence-electron chi connectivity index (χ0n) is 8.06. The average molecular weight is 152 g/mol. The third kappa shape index (κ3) is 12.4. The van der Waals surface area contributed by atoms with E-state index in [-0.39, 0.29) is 0 Å². The molecule has 0 N–H and O–H groups in total. The minimum Gasteiger partial charge on any atom is -0.0991 e. The molecule has 0 aliphatic carbocycles. The first-order chi connectivity index (χ1) is 5.26. The van der Waals surface area contributed by atoms with Crippen molar-refractivity contribution in [1.82, 2.24) is 0 Å². The van der Waals surface area contributed by atoms with Crippen molar-refractivity contribution < 1.29 is 0 Å². The van der Waals surface area contributed by atoms with Gasteiger partial charge in [0.05, 0.1) is 0 Å². The van der Waals surface area contributed by atoms with Crippen LogP contribution in [0.3, 0.4) is 0 Å². The lowest BCUT2D eigenvalue weighted by molar-refractivity contribution is 1.09. The Hall–Kier alpha value is -0.780. The molecule has 11 heavy (non-hydrogen) atoms. The molecular formula is C11H20. The van der Waals surface area contributed by atoms with Gasteiger partial charge in [0.1, 0.15) is 0 Å². The van der Waals surface area contributed by atoms with Crippen molar-refractivity contribution in [1.29, 1.82) is 0 Å². The molecule has 0 heteroatoms.